The molecule has 0 spiro atoms. The standard InChI is InChI=1S/C17H29O4P/c1-11(22(19,20)21)8-12-9-13(16(2,3)4)15(18)14(10-12)17(5,6)7/h9-11,18H,8H2,1-7H3,(H2,19,20,21). The molecule has 0 saturated carbocycles. The Balaban J connectivity index is 3.45. The largest absolute Gasteiger partial charge is 0.507 e. The van der Waals surface area contributed by atoms with Crippen LogP contribution in [0.3, 0.4) is 0 Å². The Morgan fingerprint density at radius 3 is 1.64 bits per heavy atom. The van der Waals surface area contributed by atoms with Crippen molar-refractivity contribution in [1.29, 1.82) is 0 Å². The number of hydrogen-bond donors (Lipinski definition) is 3. The van der Waals surface area contributed by atoms with Crippen LogP contribution in [0.1, 0.15) is 65.2 Å². The molecule has 0 bridgehead atoms. The van der Waals surface area contributed by atoms with Gasteiger partial charge in [0.25, 0.3) is 0 Å². The van der Waals surface area contributed by atoms with E-state index < -0.39 is 13.3 Å². The van der Waals surface area contributed by atoms with E-state index in [-0.39, 0.29) is 23.0 Å². The summed E-state index contributed by atoms with van der Waals surface area (Å²) in [5.41, 5.74) is 1.25. The molecular weight excluding hydrogens is 299 g/mol. The average molecular weight is 328 g/mol. The van der Waals surface area contributed by atoms with Crippen LogP contribution in [-0.4, -0.2) is 20.6 Å². The second-order valence-corrected chi connectivity index (χ2v) is 10.2. The zero-order chi connectivity index (χ0) is 17.5. The molecule has 0 aliphatic heterocycles. The molecule has 1 unspecified atom stereocenters. The Bertz CT molecular complexity index is 553. The number of rotatable bonds is 3. The molecule has 0 fully saturated rings. The highest BCUT2D eigenvalue weighted by Crippen LogP contribution is 2.44. The number of benzene rings is 1. The summed E-state index contributed by atoms with van der Waals surface area (Å²) in [6.07, 6.45) is 0.288. The summed E-state index contributed by atoms with van der Waals surface area (Å²) in [6.45, 7) is 13.7. The molecule has 3 N–H and O–H groups in total. The van der Waals surface area contributed by atoms with Crippen molar-refractivity contribution in [3.05, 3.63) is 28.8 Å². The van der Waals surface area contributed by atoms with Crippen LogP contribution in [0.2, 0.25) is 0 Å². The fourth-order valence-corrected chi connectivity index (χ4v) is 2.86. The Morgan fingerprint density at radius 1 is 1.00 bits per heavy atom. The topological polar surface area (TPSA) is 77.8 Å². The van der Waals surface area contributed by atoms with Crippen molar-refractivity contribution in [2.45, 2.75) is 71.4 Å². The van der Waals surface area contributed by atoms with Gasteiger partial charge in [-0.2, -0.15) is 0 Å². The van der Waals surface area contributed by atoms with E-state index in [1.165, 1.54) is 0 Å². The van der Waals surface area contributed by atoms with E-state index in [4.69, 9.17) is 0 Å². The van der Waals surface area contributed by atoms with Crippen molar-refractivity contribution < 1.29 is 19.5 Å². The Labute approximate surface area is 133 Å². The summed E-state index contributed by atoms with van der Waals surface area (Å²) < 4.78 is 11.4. The van der Waals surface area contributed by atoms with E-state index in [2.05, 4.69) is 0 Å². The molecule has 1 aromatic rings. The second kappa shape index (κ2) is 5.99. The van der Waals surface area contributed by atoms with Crippen LogP contribution < -0.4 is 0 Å². The molecule has 0 radical (unpaired) electrons. The van der Waals surface area contributed by atoms with E-state index >= 15 is 0 Å². The summed E-state index contributed by atoms with van der Waals surface area (Å²) >= 11 is 0. The Morgan fingerprint density at radius 2 is 1.36 bits per heavy atom. The number of phenols is 1. The molecule has 0 aliphatic rings. The van der Waals surface area contributed by atoms with Crippen LogP contribution in [0, 0.1) is 0 Å². The van der Waals surface area contributed by atoms with Gasteiger partial charge in [0.1, 0.15) is 5.75 Å². The summed E-state index contributed by atoms with van der Waals surface area (Å²) in [7, 11) is -4.11. The Hall–Kier alpha value is -0.830. The quantitative estimate of drug-likeness (QED) is 0.730. The van der Waals surface area contributed by atoms with Crippen molar-refractivity contribution in [2.75, 3.05) is 0 Å². The number of aromatic hydroxyl groups is 1. The van der Waals surface area contributed by atoms with Crippen molar-refractivity contribution in [3.63, 3.8) is 0 Å². The molecule has 1 atom stereocenters. The molecule has 4 nitrogen and oxygen atoms in total. The lowest BCUT2D eigenvalue weighted by Crippen LogP contribution is -2.19. The van der Waals surface area contributed by atoms with Crippen molar-refractivity contribution in [1.82, 2.24) is 0 Å². The monoisotopic (exact) mass is 328 g/mol. The predicted octanol–water partition coefficient (Wildman–Crippen LogP) is 4.10. The molecule has 0 aromatic heterocycles. The molecule has 1 aromatic carbocycles. The first kappa shape index (κ1) is 19.2. The maximum atomic E-state index is 11.4. The van der Waals surface area contributed by atoms with Gasteiger partial charge in [0.15, 0.2) is 0 Å². The first-order chi connectivity index (χ1) is 9.64. The predicted molar refractivity (Wildman–Crippen MR) is 90.7 cm³/mol. The molecule has 1 rings (SSSR count). The molecule has 5 heteroatoms. The molecule has 22 heavy (non-hydrogen) atoms. The van der Waals surface area contributed by atoms with E-state index in [1.807, 2.05) is 53.7 Å². The summed E-state index contributed by atoms with van der Waals surface area (Å²) in [5, 5.41) is 10.6. The zero-order valence-corrected chi connectivity index (χ0v) is 15.5. The lowest BCUT2D eigenvalue weighted by molar-refractivity contribution is 0.360. The minimum atomic E-state index is -4.11. The summed E-state index contributed by atoms with van der Waals surface area (Å²) in [5.74, 6) is 0.285. The van der Waals surface area contributed by atoms with Gasteiger partial charge in [-0.25, -0.2) is 0 Å². The average Bonchev–Trinajstić information content (AvgIpc) is 2.26. The highest BCUT2D eigenvalue weighted by molar-refractivity contribution is 7.52. The van der Waals surface area contributed by atoms with Gasteiger partial charge < -0.3 is 14.9 Å². The van der Waals surface area contributed by atoms with Gasteiger partial charge in [0.05, 0.1) is 5.66 Å². The van der Waals surface area contributed by atoms with E-state index in [9.17, 15) is 19.5 Å². The number of hydrogen-bond acceptors (Lipinski definition) is 2. The number of phenolic OH excluding ortho intramolecular Hbond substituents is 1. The van der Waals surface area contributed by atoms with Gasteiger partial charge >= 0.3 is 7.60 Å². The fourth-order valence-electron chi connectivity index (χ4n) is 2.42. The van der Waals surface area contributed by atoms with Gasteiger partial charge in [-0.1, -0.05) is 60.6 Å². The minimum absolute atomic E-state index is 0.245. The zero-order valence-electron chi connectivity index (χ0n) is 14.6. The van der Waals surface area contributed by atoms with E-state index in [1.54, 1.807) is 6.92 Å². The third kappa shape index (κ3) is 4.58. The van der Waals surface area contributed by atoms with Crippen LogP contribution in [0.15, 0.2) is 12.1 Å². The van der Waals surface area contributed by atoms with Gasteiger partial charge in [-0.3, -0.25) is 4.57 Å². The highest BCUT2D eigenvalue weighted by Gasteiger charge is 2.29. The molecule has 126 valence electrons. The lowest BCUT2D eigenvalue weighted by Gasteiger charge is -2.28. The van der Waals surface area contributed by atoms with Gasteiger partial charge in [-0.15, -0.1) is 0 Å². The molecule has 0 saturated heterocycles. The van der Waals surface area contributed by atoms with Crippen LogP contribution in [0.25, 0.3) is 0 Å². The van der Waals surface area contributed by atoms with E-state index in [0.29, 0.717) is 0 Å². The normalized spacial score (nSPS) is 15.0. The SMILES string of the molecule is CC(Cc1cc(C(C)(C)C)c(O)c(C(C)(C)C)c1)P(=O)(O)O. The first-order valence-electron chi connectivity index (χ1n) is 7.56. The molecular formula is C17H29O4P. The van der Waals surface area contributed by atoms with Crippen LogP contribution >= 0.6 is 7.60 Å². The van der Waals surface area contributed by atoms with Crippen molar-refractivity contribution in [2.24, 2.45) is 0 Å². The second-order valence-electron chi connectivity index (χ2n) is 8.18. The third-order valence-electron chi connectivity index (χ3n) is 3.89. The van der Waals surface area contributed by atoms with Crippen molar-refractivity contribution >= 4 is 7.60 Å². The van der Waals surface area contributed by atoms with Crippen LogP contribution in [-0.2, 0) is 21.8 Å². The molecule has 0 heterocycles. The third-order valence-corrected chi connectivity index (χ3v) is 5.22. The van der Waals surface area contributed by atoms with E-state index in [0.717, 1.165) is 16.7 Å². The summed E-state index contributed by atoms with van der Waals surface area (Å²) in [4.78, 5) is 18.6. The van der Waals surface area contributed by atoms with Gasteiger partial charge in [0.2, 0.25) is 0 Å². The van der Waals surface area contributed by atoms with Gasteiger partial charge in [0, 0.05) is 0 Å². The molecule has 0 amide bonds. The Kier molecular flexibility index (Phi) is 5.23. The molecule has 0 aliphatic carbocycles. The van der Waals surface area contributed by atoms with Crippen LogP contribution in [0.4, 0.5) is 0 Å². The smallest absolute Gasteiger partial charge is 0.328 e. The maximum Gasteiger partial charge on any atom is 0.328 e. The first-order valence-corrected chi connectivity index (χ1v) is 9.24. The lowest BCUT2D eigenvalue weighted by atomic mass is 9.78. The fraction of sp³-hybridized carbons (Fsp3) is 0.647. The maximum absolute atomic E-state index is 11.4. The van der Waals surface area contributed by atoms with Gasteiger partial charge in [-0.05, 0) is 33.9 Å². The highest BCUT2D eigenvalue weighted by atomic mass is 31.2. The summed E-state index contributed by atoms with van der Waals surface area (Å²) in [6, 6.07) is 3.74. The van der Waals surface area contributed by atoms with Crippen molar-refractivity contribution in [3.8, 4) is 5.75 Å². The van der Waals surface area contributed by atoms with Crippen LogP contribution in [0.5, 0.6) is 5.75 Å². The minimum Gasteiger partial charge on any atom is -0.507 e.